The van der Waals surface area contributed by atoms with Gasteiger partial charge in [-0.25, -0.2) is 0 Å². The molecular formula is C20H27Cl. The predicted octanol–water partition coefficient (Wildman–Crippen LogP) is 6.80. The second-order valence-electron chi connectivity index (χ2n) is 5.24. The van der Waals surface area contributed by atoms with Gasteiger partial charge in [0.1, 0.15) is 0 Å². The van der Waals surface area contributed by atoms with Crippen molar-refractivity contribution < 1.29 is 0 Å². The van der Waals surface area contributed by atoms with E-state index < -0.39 is 0 Å². The molecule has 114 valence electrons. The molecule has 0 bridgehead atoms. The maximum absolute atomic E-state index is 5.71. The van der Waals surface area contributed by atoms with E-state index in [-0.39, 0.29) is 0 Å². The average Bonchev–Trinajstić information content (AvgIpc) is 2.53. The van der Waals surface area contributed by atoms with E-state index in [9.17, 15) is 0 Å². The lowest BCUT2D eigenvalue weighted by Crippen LogP contribution is -2.05. The highest BCUT2D eigenvalue weighted by Gasteiger charge is 2.14. The van der Waals surface area contributed by atoms with Gasteiger partial charge < -0.3 is 0 Å². The maximum atomic E-state index is 5.71. The second kappa shape index (κ2) is 9.63. The van der Waals surface area contributed by atoms with Gasteiger partial charge in [0.15, 0.2) is 0 Å². The van der Waals surface area contributed by atoms with Crippen molar-refractivity contribution in [3.63, 3.8) is 0 Å². The molecule has 2 aromatic carbocycles. The van der Waals surface area contributed by atoms with Gasteiger partial charge in [-0.15, -0.1) is 0 Å². The number of aryl methyl sites for hydroxylation is 2. The van der Waals surface area contributed by atoms with Crippen LogP contribution < -0.4 is 0 Å². The van der Waals surface area contributed by atoms with E-state index >= 15 is 0 Å². The van der Waals surface area contributed by atoms with Crippen LogP contribution in [0.15, 0.2) is 48.5 Å². The van der Waals surface area contributed by atoms with Crippen LogP contribution in [-0.2, 0) is 6.42 Å². The monoisotopic (exact) mass is 302 g/mol. The minimum absolute atomic E-state index is 0.792. The van der Waals surface area contributed by atoms with Crippen LogP contribution in [0.1, 0.15) is 56.2 Å². The first-order valence-electron chi connectivity index (χ1n) is 7.97. The normalized spacial score (nSPS) is 15.8. The van der Waals surface area contributed by atoms with Gasteiger partial charge in [-0.05, 0) is 54.9 Å². The van der Waals surface area contributed by atoms with Gasteiger partial charge in [-0.1, -0.05) is 74.8 Å². The summed E-state index contributed by atoms with van der Waals surface area (Å²) < 4.78 is 0. The lowest BCUT2D eigenvalue weighted by Gasteiger charge is -2.21. The third-order valence-corrected chi connectivity index (χ3v) is 4.17. The molecule has 0 heterocycles. The fourth-order valence-electron chi connectivity index (χ4n) is 2.55. The van der Waals surface area contributed by atoms with Crippen molar-refractivity contribution in [2.45, 2.75) is 52.9 Å². The van der Waals surface area contributed by atoms with Crippen LogP contribution in [0.3, 0.4) is 0 Å². The van der Waals surface area contributed by atoms with Gasteiger partial charge in [0.05, 0.1) is 0 Å². The molecule has 1 atom stereocenters. The van der Waals surface area contributed by atoms with Crippen molar-refractivity contribution in [2.75, 3.05) is 0 Å². The zero-order chi connectivity index (χ0) is 15.7. The molecule has 21 heavy (non-hydrogen) atoms. The Morgan fingerprint density at radius 1 is 0.952 bits per heavy atom. The van der Waals surface area contributed by atoms with E-state index in [1.165, 1.54) is 19.3 Å². The van der Waals surface area contributed by atoms with Crippen LogP contribution in [0, 0.1) is 6.92 Å². The van der Waals surface area contributed by atoms with Gasteiger partial charge in [-0.3, -0.25) is 0 Å². The molecule has 0 aromatic heterocycles. The average molecular weight is 303 g/mol. The Balaban J connectivity index is 0.000000196. The third-order valence-electron chi connectivity index (χ3n) is 3.75. The summed E-state index contributed by atoms with van der Waals surface area (Å²) in [6.45, 7) is 8.32. The summed E-state index contributed by atoms with van der Waals surface area (Å²) in [7, 11) is 0. The summed E-state index contributed by atoms with van der Waals surface area (Å²) in [6, 6.07) is 16.6. The second-order valence-corrected chi connectivity index (χ2v) is 5.65. The van der Waals surface area contributed by atoms with Crippen molar-refractivity contribution in [3.8, 4) is 0 Å². The Morgan fingerprint density at radius 2 is 1.57 bits per heavy atom. The SMILES string of the molecule is CC.C[C@H]1CCCc2ccccc21.Cc1ccccc1Cl. The van der Waals surface area contributed by atoms with Crippen molar-refractivity contribution in [1.82, 2.24) is 0 Å². The number of benzene rings is 2. The molecule has 3 rings (SSSR count). The molecule has 0 fully saturated rings. The quantitative estimate of drug-likeness (QED) is 0.502. The largest absolute Gasteiger partial charge is 0.0841 e. The van der Waals surface area contributed by atoms with Crippen molar-refractivity contribution >= 4 is 11.6 Å². The summed E-state index contributed by atoms with van der Waals surface area (Å²) in [5, 5.41) is 0.840. The van der Waals surface area contributed by atoms with E-state index in [1.54, 1.807) is 11.1 Å². The Hall–Kier alpha value is -1.27. The molecule has 0 saturated carbocycles. The molecule has 0 spiro atoms. The number of halogens is 1. The van der Waals surface area contributed by atoms with Crippen LogP contribution in [0.5, 0.6) is 0 Å². The molecular weight excluding hydrogens is 276 g/mol. The Labute approximate surface area is 135 Å². The zero-order valence-corrected chi connectivity index (χ0v) is 14.5. The molecule has 0 aliphatic heterocycles. The van der Waals surface area contributed by atoms with Gasteiger partial charge in [-0.2, -0.15) is 0 Å². The molecule has 1 aliphatic carbocycles. The topological polar surface area (TPSA) is 0 Å². The van der Waals surface area contributed by atoms with Crippen molar-refractivity contribution in [1.29, 1.82) is 0 Å². The first-order chi connectivity index (χ1) is 10.2. The summed E-state index contributed by atoms with van der Waals surface area (Å²) in [6.07, 6.45) is 4.04. The molecule has 0 N–H and O–H groups in total. The van der Waals surface area contributed by atoms with E-state index in [1.807, 2.05) is 45.0 Å². The summed E-state index contributed by atoms with van der Waals surface area (Å²) in [5.41, 5.74) is 4.29. The fraction of sp³-hybridized carbons (Fsp3) is 0.400. The Morgan fingerprint density at radius 3 is 2.14 bits per heavy atom. The van der Waals surface area contributed by atoms with E-state index in [4.69, 9.17) is 11.6 Å². The molecule has 0 amide bonds. The summed E-state index contributed by atoms with van der Waals surface area (Å²) in [4.78, 5) is 0. The molecule has 0 saturated heterocycles. The Kier molecular flexibility index (Phi) is 8.15. The Bertz CT molecular complexity index is 510. The van der Waals surface area contributed by atoms with Crippen LogP contribution >= 0.6 is 11.6 Å². The van der Waals surface area contributed by atoms with Gasteiger partial charge in [0.2, 0.25) is 0 Å². The van der Waals surface area contributed by atoms with Crippen molar-refractivity contribution in [2.24, 2.45) is 0 Å². The highest BCUT2D eigenvalue weighted by Crippen LogP contribution is 2.30. The van der Waals surface area contributed by atoms with Crippen LogP contribution in [0.25, 0.3) is 0 Å². The van der Waals surface area contributed by atoms with E-state index in [2.05, 4.69) is 31.2 Å². The molecule has 0 radical (unpaired) electrons. The molecule has 0 nitrogen and oxygen atoms in total. The first-order valence-corrected chi connectivity index (χ1v) is 8.35. The third kappa shape index (κ3) is 5.55. The highest BCUT2D eigenvalue weighted by molar-refractivity contribution is 6.31. The van der Waals surface area contributed by atoms with Crippen LogP contribution in [0.4, 0.5) is 0 Å². The number of hydrogen-bond donors (Lipinski definition) is 0. The maximum Gasteiger partial charge on any atom is 0.0435 e. The zero-order valence-electron chi connectivity index (χ0n) is 13.7. The van der Waals surface area contributed by atoms with E-state index in [0.29, 0.717) is 0 Å². The lowest BCUT2D eigenvalue weighted by atomic mass is 9.84. The standard InChI is InChI=1S/C11H14.C7H7Cl.C2H6/c1-9-5-4-7-10-6-2-3-8-11(9)10;1-6-4-2-3-5-7(6)8;1-2/h2-3,6,8-9H,4-5,7H2,1H3;2-5H,1H3;1-2H3/t9-;;/m0../s1. The fourth-order valence-corrected chi connectivity index (χ4v) is 2.68. The van der Waals surface area contributed by atoms with Gasteiger partial charge >= 0.3 is 0 Å². The van der Waals surface area contributed by atoms with Crippen LogP contribution in [-0.4, -0.2) is 0 Å². The smallest absolute Gasteiger partial charge is 0.0435 e. The minimum atomic E-state index is 0.792. The highest BCUT2D eigenvalue weighted by atomic mass is 35.5. The van der Waals surface area contributed by atoms with Gasteiger partial charge in [0, 0.05) is 5.02 Å². The number of fused-ring (bicyclic) bond motifs is 1. The first kappa shape index (κ1) is 17.8. The lowest BCUT2D eigenvalue weighted by molar-refractivity contribution is 0.590. The molecule has 2 aromatic rings. The minimum Gasteiger partial charge on any atom is -0.0841 e. The number of rotatable bonds is 0. The molecule has 1 aliphatic rings. The molecule has 1 heteroatoms. The molecule has 0 unspecified atom stereocenters. The van der Waals surface area contributed by atoms with Crippen LogP contribution in [0.2, 0.25) is 5.02 Å². The van der Waals surface area contributed by atoms with E-state index in [0.717, 1.165) is 16.5 Å². The summed E-state index contributed by atoms with van der Waals surface area (Å²) >= 11 is 5.71. The number of hydrogen-bond acceptors (Lipinski definition) is 0. The van der Waals surface area contributed by atoms with Crippen molar-refractivity contribution in [3.05, 3.63) is 70.2 Å². The summed E-state index contributed by atoms with van der Waals surface area (Å²) in [5.74, 6) is 0.792. The van der Waals surface area contributed by atoms with Gasteiger partial charge in [0.25, 0.3) is 0 Å². The predicted molar refractivity (Wildman–Crippen MR) is 95.3 cm³/mol.